The van der Waals surface area contributed by atoms with Crippen LogP contribution in [0.3, 0.4) is 0 Å². The van der Waals surface area contributed by atoms with E-state index >= 15 is 0 Å². The average molecular weight is 295 g/mol. The van der Waals surface area contributed by atoms with Gasteiger partial charge < -0.3 is 15.8 Å². The summed E-state index contributed by atoms with van der Waals surface area (Å²) in [6.07, 6.45) is 1.67. The summed E-state index contributed by atoms with van der Waals surface area (Å²) in [5, 5.41) is 5.54. The van der Waals surface area contributed by atoms with Gasteiger partial charge >= 0.3 is 5.97 Å². The zero-order valence-corrected chi connectivity index (χ0v) is 11.7. The molecule has 20 heavy (non-hydrogen) atoms. The summed E-state index contributed by atoms with van der Waals surface area (Å²) in [5.74, 6) is -1.09. The number of anilines is 2. The summed E-state index contributed by atoms with van der Waals surface area (Å²) in [7, 11) is 0. The van der Waals surface area contributed by atoms with Crippen LogP contribution in [0.2, 0.25) is 0 Å². The third-order valence-corrected chi connectivity index (χ3v) is 3.33. The zero-order valence-electron chi connectivity index (χ0n) is 10.9. The number of carbonyl (C=O) groups is 1. The van der Waals surface area contributed by atoms with E-state index in [9.17, 15) is 9.18 Å². The third-order valence-electron chi connectivity index (χ3n) is 2.55. The molecule has 3 N–H and O–H groups in total. The fraction of sp³-hybridized carbons (Fsp3) is 0.231. The number of nitrogens with one attached hydrogen (secondary N) is 1. The van der Waals surface area contributed by atoms with Crippen molar-refractivity contribution >= 4 is 28.7 Å². The summed E-state index contributed by atoms with van der Waals surface area (Å²) < 4.78 is 18.7. The van der Waals surface area contributed by atoms with Crippen molar-refractivity contribution in [2.75, 3.05) is 17.7 Å². The second kappa shape index (κ2) is 6.33. The number of hydrogen-bond donors (Lipinski definition) is 2. The van der Waals surface area contributed by atoms with Crippen LogP contribution in [0.4, 0.5) is 15.8 Å². The fourth-order valence-electron chi connectivity index (χ4n) is 1.62. The molecule has 106 valence electrons. The summed E-state index contributed by atoms with van der Waals surface area (Å²) in [6, 6.07) is 2.46. The molecule has 7 heteroatoms. The molecular weight excluding hydrogens is 281 g/mol. The van der Waals surface area contributed by atoms with Crippen LogP contribution in [-0.4, -0.2) is 17.6 Å². The minimum atomic E-state index is -0.567. The molecular formula is C13H14FN3O2S. The predicted molar refractivity (Wildman–Crippen MR) is 76.2 cm³/mol. The Morgan fingerprint density at radius 1 is 1.55 bits per heavy atom. The molecule has 0 saturated heterocycles. The number of nitrogens with zero attached hydrogens (tertiary/aromatic N) is 1. The Morgan fingerprint density at radius 2 is 2.35 bits per heavy atom. The standard InChI is InChI=1S/C13H14FN3O2S/c1-2-19-13(18)8-5-11(9(14)6-10(8)15)17-7-12-16-3-4-20-12/h3-6,17H,2,7,15H2,1H3. The van der Waals surface area contributed by atoms with Gasteiger partial charge in [0.1, 0.15) is 10.8 Å². The summed E-state index contributed by atoms with van der Waals surface area (Å²) in [5.41, 5.74) is 6.03. The third kappa shape index (κ3) is 3.24. The van der Waals surface area contributed by atoms with Gasteiger partial charge in [-0.3, -0.25) is 0 Å². The molecule has 0 atom stereocenters. The lowest BCUT2D eigenvalue weighted by atomic mass is 10.1. The van der Waals surface area contributed by atoms with Crippen LogP contribution < -0.4 is 11.1 Å². The van der Waals surface area contributed by atoms with Crippen LogP contribution in [0.15, 0.2) is 23.7 Å². The van der Waals surface area contributed by atoms with Gasteiger partial charge in [0.25, 0.3) is 0 Å². The van der Waals surface area contributed by atoms with Crippen LogP contribution in [0.5, 0.6) is 0 Å². The number of benzene rings is 1. The van der Waals surface area contributed by atoms with Gasteiger partial charge in [0.05, 0.1) is 24.4 Å². The Morgan fingerprint density at radius 3 is 3.00 bits per heavy atom. The SMILES string of the molecule is CCOC(=O)c1cc(NCc2nccs2)c(F)cc1N. The molecule has 0 spiro atoms. The highest BCUT2D eigenvalue weighted by Crippen LogP contribution is 2.23. The van der Waals surface area contributed by atoms with E-state index in [1.54, 1.807) is 13.1 Å². The second-order valence-electron chi connectivity index (χ2n) is 3.92. The molecule has 0 amide bonds. The van der Waals surface area contributed by atoms with Crippen molar-refractivity contribution in [2.24, 2.45) is 0 Å². The maximum absolute atomic E-state index is 13.8. The number of rotatable bonds is 5. The van der Waals surface area contributed by atoms with Gasteiger partial charge in [-0.25, -0.2) is 14.2 Å². The van der Waals surface area contributed by atoms with Crippen LogP contribution in [0, 0.1) is 5.82 Å². The maximum atomic E-state index is 13.8. The summed E-state index contributed by atoms with van der Waals surface area (Å²) in [6.45, 7) is 2.30. The summed E-state index contributed by atoms with van der Waals surface area (Å²) >= 11 is 1.46. The Hall–Kier alpha value is -2.15. The van der Waals surface area contributed by atoms with E-state index in [0.717, 1.165) is 11.1 Å². The van der Waals surface area contributed by atoms with Crippen molar-refractivity contribution in [2.45, 2.75) is 13.5 Å². The minimum absolute atomic E-state index is 0.0562. The van der Waals surface area contributed by atoms with Gasteiger partial charge in [-0.15, -0.1) is 11.3 Å². The van der Waals surface area contributed by atoms with E-state index in [-0.39, 0.29) is 23.5 Å². The number of hydrogen-bond acceptors (Lipinski definition) is 6. The Labute approximate surface area is 119 Å². The lowest BCUT2D eigenvalue weighted by molar-refractivity contribution is 0.0527. The molecule has 0 aliphatic heterocycles. The van der Waals surface area contributed by atoms with E-state index in [4.69, 9.17) is 10.5 Å². The van der Waals surface area contributed by atoms with Crippen LogP contribution in [0.25, 0.3) is 0 Å². The normalized spacial score (nSPS) is 10.3. The predicted octanol–water partition coefficient (Wildman–Crippen LogP) is 2.65. The van der Waals surface area contributed by atoms with Gasteiger partial charge in [-0.2, -0.15) is 0 Å². The molecule has 0 bridgehead atoms. The Balaban J connectivity index is 2.19. The zero-order chi connectivity index (χ0) is 14.5. The highest BCUT2D eigenvalue weighted by atomic mass is 32.1. The van der Waals surface area contributed by atoms with E-state index in [2.05, 4.69) is 10.3 Å². The van der Waals surface area contributed by atoms with Crippen molar-refractivity contribution in [3.8, 4) is 0 Å². The van der Waals surface area contributed by atoms with Gasteiger partial charge in [0.2, 0.25) is 0 Å². The largest absolute Gasteiger partial charge is 0.462 e. The molecule has 0 unspecified atom stereocenters. The van der Waals surface area contributed by atoms with Crippen molar-refractivity contribution in [3.05, 3.63) is 40.1 Å². The summed E-state index contributed by atoms with van der Waals surface area (Å²) in [4.78, 5) is 15.8. The lowest BCUT2D eigenvalue weighted by Gasteiger charge is -2.10. The van der Waals surface area contributed by atoms with Crippen LogP contribution >= 0.6 is 11.3 Å². The molecule has 2 aromatic rings. The highest BCUT2D eigenvalue weighted by Gasteiger charge is 2.15. The first-order chi connectivity index (χ1) is 9.61. The van der Waals surface area contributed by atoms with Gasteiger partial charge in [0.15, 0.2) is 0 Å². The topological polar surface area (TPSA) is 77.2 Å². The van der Waals surface area contributed by atoms with Gasteiger partial charge in [0, 0.05) is 17.3 Å². The van der Waals surface area contributed by atoms with E-state index in [1.165, 1.54) is 17.4 Å². The molecule has 0 aliphatic rings. The molecule has 5 nitrogen and oxygen atoms in total. The molecule has 2 rings (SSSR count). The average Bonchev–Trinajstić information content (AvgIpc) is 2.91. The van der Waals surface area contributed by atoms with E-state index < -0.39 is 11.8 Å². The van der Waals surface area contributed by atoms with E-state index in [0.29, 0.717) is 6.54 Å². The lowest BCUT2D eigenvalue weighted by Crippen LogP contribution is -2.10. The Bertz CT molecular complexity index is 602. The van der Waals surface area contributed by atoms with Crippen LogP contribution in [-0.2, 0) is 11.3 Å². The van der Waals surface area contributed by atoms with Crippen molar-refractivity contribution in [3.63, 3.8) is 0 Å². The number of esters is 1. The molecule has 0 aliphatic carbocycles. The van der Waals surface area contributed by atoms with Crippen molar-refractivity contribution in [1.82, 2.24) is 4.98 Å². The number of thiazole rings is 1. The van der Waals surface area contributed by atoms with E-state index in [1.807, 2.05) is 5.38 Å². The van der Waals surface area contributed by atoms with Gasteiger partial charge in [-0.1, -0.05) is 0 Å². The number of halogens is 1. The molecule has 1 heterocycles. The minimum Gasteiger partial charge on any atom is -0.462 e. The number of nitrogens with two attached hydrogens (primary N) is 1. The quantitative estimate of drug-likeness (QED) is 0.655. The van der Waals surface area contributed by atoms with Crippen LogP contribution in [0.1, 0.15) is 22.3 Å². The fourth-order valence-corrected chi connectivity index (χ4v) is 2.18. The molecule has 0 saturated carbocycles. The first kappa shape index (κ1) is 14.3. The maximum Gasteiger partial charge on any atom is 0.340 e. The second-order valence-corrected chi connectivity index (χ2v) is 4.90. The van der Waals surface area contributed by atoms with Crippen molar-refractivity contribution < 1.29 is 13.9 Å². The number of carbonyl (C=O) groups excluding carboxylic acids is 1. The molecule has 0 radical (unpaired) electrons. The molecule has 0 fully saturated rings. The van der Waals surface area contributed by atoms with Gasteiger partial charge in [-0.05, 0) is 19.1 Å². The smallest absolute Gasteiger partial charge is 0.340 e. The monoisotopic (exact) mass is 295 g/mol. The number of nitrogen functional groups attached to an aromatic ring is 1. The Kier molecular flexibility index (Phi) is 4.52. The molecule has 1 aromatic heterocycles. The molecule has 1 aromatic carbocycles. The van der Waals surface area contributed by atoms with Crippen molar-refractivity contribution in [1.29, 1.82) is 0 Å². The first-order valence-corrected chi connectivity index (χ1v) is 6.88. The first-order valence-electron chi connectivity index (χ1n) is 6.00. The number of ether oxygens (including phenoxy) is 1. The number of aromatic nitrogens is 1. The highest BCUT2D eigenvalue weighted by molar-refractivity contribution is 7.09.